The van der Waals surface area contributed by atoms with Crippen molar-refractivity contribution in [2.45, 2.75) is 18.6 Å². The lowest BCUT2D eigenvalue weighted by Crippen LogP contribution is -2.21. The number of imidazole rings is 2. The first kappa shape index (κ1) is 11.4. The molecule has 0 spiro atoms. The third-order valence-electron chi connectivity index (χ3n) is 3.87. The van der Waals surface area contributed by atoms with Crippen molar-refractivity contribution in [3.05, 3.63) is 60.3 Å². The molecule has 100 valence electrons. The second kappa shape index (κ2) is 4.31. The Kier molecular flexibility index (Phi) is 2.47. The summed E-state index contributed by atoms with van der Waals surface area (Å²) in [5.74, 6) is 0.795. The number of H-pyrrole nitrogens is 1. The highest BCUT2D eigenvalue weighted by Crippen LogP contribution is 2.36. The molecule has 0 radical (unpaired) electrons. The van der Waals surface area contributed by atoms with Crippen molar-refractivity contribution in [3.8, 4) is 11.5 Å². The van der Waals surface area contributed by atoms with E-state index in [1.165, 1.54) is 11.1 Å². The minimum Gasteiger partial charge on any atom is -0.390 e. The first-order valence-electron chi connectivity index (χ1n) is 6.62. The topological polar surface area (TPSA) is 66.7 Å². The van der Waals surface area contributed by atoms with Crippen LogP contribution in [0, 0.1) is 0 Å². The van der Waals surface area contributed by atoms with E-state index in [9.17, 15) is 5.11 Å². The Labute approximate surface area is 115 Å². The van der Waals surface area contributed by atoms with Gasteiger partial charge in [-0.1, -0.05) is 24.3 Å². The lowest BCUT2D eigenvalue weighted by Gasteiger charge is -2.19. The number of aromatic nitrogens is 4. The molecular weight excluding hydrogens is 252 g/mol. The van der Waals surface area contributed by atoms with Crippen LogP contribution in [-0.2, 0) is 6.42 Å². The molecule has 1 aromatic carbocycles. The number of aliphatic hydroxyl groups excluding tert-OH is 1. The summed E-state index contributed by atoms with van der Waals surface area (Å²) in [7, 11) is 0. The van der Waals surface area contributed by atoms with Gasteiger partial charge in [-0.2, -0.15) is 0 Å². The molecule has 3 aromatic rings. The van der Waals surface area contributed by atoms with Gasteiger partial charge in [0.05, 0.1) is 24.7 Å². The number of aliphatic hydroxyl groups is 1. The number of benzene rings is 1. The Balaban J connectivity index is 1.85. The smallest absolute Gasteiger partial charge is 0.158 e. The number of hydrogen-bond donors (Lipinski definition) is 2. The maximum absolute atomic E-state index is 10.4. The molecule has 5 nitrogen and oxygen atoms in total. The zero-order chi connectivity index (χ0) is 13.5. The van der Waals surface area contributed by atoms with Crippen LogP contribution in [0.2, 0.25) is 0 Å². The zero-order valence-corrected chi connectivity index (χ0v) is 10.8. The predicted molar refractivity (Wildman–Crippen MR) is 74.1 cm³/mol. The van der Waals surface area contributed by atoms with Gasteiger partial charge >= 0.3 is 0 Å². The van der Waals surface area contributed by atoms with Gasteiger partial charge in [0.15, 0.2) is 5.82 Å². The van der Waals surface area contributed by atoms with Crippen LogP contribution < -0.4 is 0 Å². The summed E-state index contributed by atoms with van der Waals surface area (Å²) >= 11 is 0. The van der Waals surface area contributed by atoms with Crippen molar-refractivity contribution in [1.82, 2.24) is 19.5 Å². The molecule has 0 bridgehead atoms. The first-order valence-corrected chi connectivity index (χ1v) is 6.62. The summed E-state index contributed by atoms with van der Waals surface area (Å²) in [4.78, 5) is 11.5. The van der Waals surface area contributed by atoms with Gasteiger partial charge in [0.1, 0.15) is 5.69 Å². The maximum atomic E-state index is 10.4. The first-order chi connectivity index (χ1) is 9.84. The van der Waals surface area contributed by atoms with Gasteiger partial charge in [-0.25, -0.2) is 9.97 Å². The van der Waals surface area contributed by atoms with E-state index in [2.05, 4.69) is 27.1 Å². The fraction of sp³-hybridized carbons (Fsp3) is 0.200. The molecule has 0 saturated carbocycles. The van der Waals surface area contributed by atoms with E-state index in [1.54, 1.807) is 18.7 Å². The van der Waals surface area contributed by atoms with Crippen LogP contribution in [0.4, 0.5) is 0 Å². The van der Waals surface area contributed by atoms with E-state index in [0.717, 1.165) is 11.5 Å². The Morgan fingerprint density at radius 1 is 1.30 bits per heavy atom. The van der Waals surface area contributed by atoms with Crippen molar-refractivity contribution in [2.75, 3.05) is 0 Å². The van der Waals surface area contributed by atoms with Crippen LogP contribution in [0.1, 0.15) is 17.2 Å². The van der Waals surface area contributed by atoms with E-state index >= 15 is 0 Å². The molecule has 2 aromatic heterocycles. The molecule has 1 aliphatic rings. The largest absolute Gasteiger partial charge is 0.390 e. The van der Waals surface area contributed by atoms with Crippen LogP contribution in [0.15, 0.2) is 49.2 Å². The van der Waals surface area contributed by atoms with Gasteiger partial charge in [0.25, 0.3) is 0 Å². The van der Waals surface area contributed by atoms with Crippen LogP contribution in [0.25, 0.3) is 11.5 Å². The number of fused-ring (bicyclic) bond motifs is 1. The van der Waals surface area contributed by atoms with Gasteiger partial charge in [-0.15, -0.1) is 0 Å². The summed E-state index contributed by atoms with van der Waals surface area (Å²) in [6, 6.07) is 8.08. The van der Waals surface area contributed by atoms with Crippen molar-refractivity contribution in [3.63, 3.8) is 0 Å². The van der Waals surface area contributed by atoms with Crippen molar-refractivity contribution in [2.24, 2.45) is 0 Å². The lowest BCUT2D eigenvalue weighted by atomic mass is 10.1. The summed E-state index contributed by atoms with van der Waals surface area (Å²) in [5.41, 5.74) is 3.22. The highest BCUT2D eigenvalue weighted by molar-refractivity contribution is 5.50. The summed E-state index contributed by atoms with van der Waals surface area (Å²) < 4.78 is 2.02. The number of rotatable bonds is 2. The van der Waals surface area contributed by atoms with Gasteiger partial charge in [-0.05, 0) is 11.1 Å². The second-order valence-electron chi connectivity index (χ2n) is 5.04. The average molecular weight is 266 g/mol. The molecule has 2 atom stereocenters. The predicted octanol–water partition coefficient (Wildman–Crippen LogP) is 1.78. The second-order valence-corrected chi connectivity index (χ2v) is 5.04. The number of hydrogen-bond acceptors (Lipinski definition) is 3. The fourth-order valence-corrected chi connectivity index (χ4v) is 3.01. The SMILES string of the molecule is O[C@@H]1Cc2ccccc2[C@@H]1n1ccnc1-c1cnc[nH]1. The standard InChI is InChI=1S/C15H14N4O/c20-13-7-10-3-1-2-4-11(10)14(13)19-6-5-17-15(19)12-8-16-9-18-12/h1-6,8-9,13-14,20H,7H2,(H,16,18)/t13-,14+/m1/s1. The third kappa shape index (κ3) is 1.60. The Bertz CT molecular complexity index is 732. The van der Waals surface area contributed by atoms with Gasteiger partial charge in [0, 0.05) is 18.8 Å². The summed E-state index contributed by atoms with van der Waals surface area (Å²) in [5, 5.41) is 10.4. The van der Waals surface area contributed by atoms with E-state index in [0.29, 0.717) is 6.42 Å². The highest BCUT2D eigenvalue weighted by atomic mass is 16.3. The van der Waals surface area contributed by atoms with Crippen LogP contribution in [0.5, 0.6) is 0 Å². The molecule has 0 aliphatic heterocycles. The number of nitrogens with zero attached hydrogens (tertiary/aromatic N) is 3. The number of nitrogens with one attached hydrogen (secondary N) is 1. The molecule has 0 saturated heterocycles. The van der Waals surface area contributed by atoms with Crippen LogP contribution >= 0.6 is 0 Å². The molecule has 2 heterocycles. The minimum absolute atomic E-state index is 0.0907. The maximum Gasteiger partial charge on any atom is 0.158 e. The van der Waals surface area contributed by atoms with Crippen LogP contribution in [-0.4, -0.2) is 30.7 Å². The quantitative estimate of drug-likeness (QED) is 0.743. The zero-order valence-electron chi connectivity index (χ0n) is 10.8. The van der Waals surface area contributed by atoms with E-state index in [4.69, 9.17) is 0 Å². The van der Waals surface area contributed by atoms with Crippen molar-refractivity contribution in [1.29, 1.82) is 0 Å². The van der Waals surface area contributed by atoms with Gasteiger partial charge in [-0.3, -0.25) is 0 Å². The van der Waals surface area contributed by atoms with Gasteiger partial charge < -0.3 is 14.7 Å². The summed E-state index contributed by atoms with van der Waals surface area (Å²) in [6.45, 7) is 0. The number of aromatic amines is 1. The molecule has 0 unspecified atom stereocenters. The molecule has 0 fully saturated rings. The third-order valence-corrected chi connectivity index (χ3v) is 3.87. The highest BCUT2D eigenvalue weighted by Gasteiger charge is 2.33. The van der Waals surface area contributed by atoms with Crippen LogP contribution in [0.3, 0.4) is 0 Å². The molecule has 2 N–H and O–H groups in total. The lowest BCUT2D eigenvalue weighted by molar-refractivity contribution is 0.145. The minimum atomic E-state index is -0.428. The molecule has 4 rings (SSSR count). The monoisotopic (exact) mass is 266 g/mol. The van der Waals surface area contributed by atoms with Crippen molar-refractivity contribution >= 4 is 0 Å². The molecule has 20 heavy (non-hydrogen) atoms. The fourth-order valence-electron chi connectivity index (χ4n) is 3.01. The Morgan fingerprint density at radius 2 is 2.20 bits per heavy atom. The van der Waals surface area contributed by atoms with E-state index in [-0.39, 0.29) is 6.04 Å². The molecule has 5 heteroatoms. The normalized spacial score (nSPS) is 21.1. The van der Waals surface area contributed by atoms with E-state index < -0.39 is 6.10 Å². The Morgan fingerprint density at radius 3 is 3.05 bits per heavy atom. The van der Waals surface area contributed by atoms with Gasteiger partial charge in [0.2, 0.25) is 0 Å². The average Bonchev–Trinajstić information content (AvgIpc) is 3.16. The Hall–Kier alpha value is -2.40. The molecule has 0 amide bonds. The summed E-state index contributed by atoms with van der Waals surface area (Å²) in [6.07, 6.45) is 7.29. The molecule has 1 aliphatic carbocycles. The van der Waals surface area contributed by atoms with Crippen molar-refractivity contribution < 1.29 is 5.11 Å². The van der Waals surface area contributed by atoms with E-state index in [1.807, 2.05) is 22.9 Å². The molecular formula is C15H14N4O.